The molecule has 0 aliphatic rings. The molecule has 1 aromatic carbocycles. The Morgan fingerprint density at radius 3 is 2.71 bits per heavy atom. The van der Waals surface area contributed by atoms with Gasteiger partial charge in [0.05, 0.1) is 7.11 Å². The molecule has 17 heavy (non-hydrogen) atoms. The molecule has 0 amide bonds. The van der Waals surface area contributed by atoms with Crippen LogP contribution in [-0.2, 0) is 6.42 Å². The molecule has 0 saturated heterocycles. The maximum atomic E-state index is 5.81. The van der Waals surface area contributed by atoms with Gasteiger partial charge in [0.1, 0.15) is 5.75 Å². The fourth-order valence-electron chi connectivity index (χ4n) is 1.79. The van der Waals surface area contributed by atoms with Gasteiger partial charge in [-0.25, -0.2) is 0 Å². The van der Waals surface area contributed by atoms with E-state index in [-0.39, 0.29) is 6.04 Å². The second-order valence-corrected chi connectivity index (χ2v) is 4.32. The van der Waals surface area contributed by atoms with Crippen LogP contribution in [0.4, 0.5) is 0 Å². The third kappa shape index (κ3) is 4.73. The van der Waals surface area contributed by atoms with Crippen LogP contribution < -0.4 is 16.2 Å². The van der Waals surface area contributed by atoms with Gasteiger partial charge < -0.3 is 21.1 Å². The number of methoxy groups -OCH3 is 1. The fraction of sp³-hybridized carbons (Fsp3) is 0.538. The van der Waals surface area contributed by atoms with Gasteiger partial charge in [-0.2, -0.15) is 0 Å². The topological polar surface area (TPSA) is 64.5 Å². The Hall–Kier alpha value is -1.10. The van der Waals surface area contributed by atoms with Gasteiger partial charge in [-0.1, -0.05) is 18.2 Å². The lowest BCUT2D eigenvalue weighted by atomic mass is 10.1. The van der Waals surface area contributed by atoms with E-state index in [1.165, 1.54) is 5.56 Å². The highest BCUT2D eigenvalue weighted by Gasteiger charge is 2.07. The van der Waals surface area contributed by atoms with Gasteiger partial charge in [0.2, 0.25) is 0 Å². The lowest BCUT2D eigenvalue weighted by Crippen LogP contribution is -2.41. The number of benzene rings is 1. The van der Waals surface area contributed by atoms with E-state index >= 15 is 0 Å². The fourth-order valence-corrected chi connectivity index (χ4v) is 1.79. The van der Waals surface area contributed by atoms with E-state index in [0.29, 0.717) is 6.54 Å². The second-order valence-electron chi connectivity index (χ2n) is 4.32. The molecule has 1 atom stereocenters. The summed E-state index contributed by atoms with van der Waals surface area (Å²) in [5.41, 5.74) is 12.5. The molecule has 4 N–H and O–H groups in total. The normalized spacial score (nSPS) is 12.8. The highest BCUT2D eigenvalue weighted by molar-refractivity contribution is 5.33. The van der Waals surface area contributed by atoms with E-state index in [0.717, 1.165) is 25.3 Å². The predicted molar refractivity (Wildman–Crippen MR) is 71.2 cm³/mol. The molecular weight excluding hydrogens is 214 g/mol. The summed E-state index contributed by atoms with van der Waals surface area (Å²) in [6, 6.07) is 8.15. The molecule has 0 aliphatic carbocycles. The lowest BCUT2D eigenvalue weighted by molar-refractivity contribution is 0.314. The molecule has 4 nitrogen and oxygen atoms in total. The summed E-state index contributed by atoms with van der Waals surface area (Å²) in [7, 11) is 3.76. The molecule has 0 aliphatic heterocycles. The molecule has 0 aromatic heterocycles. The molecule has 1 aromatic rings. The molecule has 4 heteroatoms. The van der Waals surface area contributed by atoms with Gasteiger partial charge >= 0.3 is 0 Å². The van der Waals surface area contributed by atoms with Crippen molar-refractivity contribution in [3.8, 4) is 5.75 Å². The summed E-state index contributed by atoms with van der Waals surface area (Å²) in [6.07, 6.45) is 0.956. The number of ether oxygens (including phenoxy) is 1. The number of likely N-dealkylation sites (N-methyl/N-ethyl adjacent to an activating group) is 1. The molecule has 1 unspecified atom stereocenters. The Balaban J connectivity index is 2.44. The lowest BCUT2D eigenvalue weighted by Gasteiger charge is -2.20. The van der Waals surface area contributed by atoms with Crippen molar-refractivity contribution in [2.75, 3.05) is 33.8 Å². The molecule has 0 bridgehead atoms. The zero-order chi connectivity index (χ0) is 12.7. The average molecular weight is 237 g/mol. The molecule has 96 valence electrons. The third-order valence-corrected chi connectivity index (χ3v) is 2.80. The molecule has 1 rings (SSSR count). The van der Waals surface area contributed by atoms with Crippen molar-refractivity contribution >= 4 is 0 Å². The SMILES string of the molecule is COc1ccccc1CCN(C)CC(N)CN. The molecule has 0 spiro atoms. The Morgan fingerprint density at radius 2 is 2.06 bits per heavy atom. The van der Waals surface area contributed by atoms with Crippen LogP contribution in [0.25, 0.3) is 0 Å². The Morgan fingerprint density at radius 1 is 1.35 bits per heavy atom. The number of rotatable bonds is 7. The summed E-state index contributed by atoms with van der Waals surface area (Å²) in [5, 5.41) is 0. The van der Waals surface area contributed by atoms with Gasteiger partial charge in [-0.05, 0) is 25.1 Å². The summed E-state index contributed by atoms with van der Waals surface area (Å²) in [6.45, 7) is 2.30. The standard InChI is InChI=1S/C13H23N3O/c1-16(10-12(15)9-14)8-7-11-5-3-4-6-13(11)17-2/h3-6,12H,7-10,14-15H2,1-2H3. The highest BCUT2D eigenvalue weighted by Crippen LogP contribution is 2.17. The first kappa shape index (κ1) is 14.0. The smallest absolute Gasteiger partial charge is 0.122 e. The van der Waals surface area contributed by atoms with Crippen molar-refractivity contribution in [3.05, 3.63) is 29.8 Å². The van der Waals surface area contributed by atoms with Crippen LogP contribution in [0.2, 0.25) is 0 Å². The molecule has 0 saturated carbocycles. The molecule has 0 heterocycles. The van der Waals surface area contributed by atoms with E-state index in [2.05, 4.69) is 18.0 Å². The highest BCUT2D eigenvalue weighted by atomic mass is 16.5. The van der Waals surface area contributed by atoms with Crippen molar-refractivity contribution in [2.45, 2.75) is 12.5 Å². The number of hydrogen-bond acceptors (Lipinski definition) is 4. The monoisotopic (exact) mass is 237 g/mol. The summed E-state index contributed by atoms with van der Waals surface area (Å²) in [4.78, 5) is 2.20. The number of nitrogens with zero attached hydrogens (tertiary/aromatic N) is 1. The number of para-hydroxylation sites is 1. The van der Waals surface area contributed by atoms with Crippen LogP contribution in [-0.4, -0.2) is 44.7 Å². The van der Waals surface area contributed by atoms with Crippen molar-refractivity contribution in [1.29, 1.82) is 0 Å². The predicted octanol–water partition coefficient (Wildman–Crippen LogP) is 0.456. The Labute approximate surface area is 104 Å². The molecule has 0 fully saturated rings. The third-order valence-electron chi connectivity index (χ3n) is 2.80. The summed E-state index contributed by atoms with van der Waals surface area (Å²) < 4.78 is 5.32. The first-order valence-corrected chi connectivity index (χ1v) is 5.93. The van der Waals surface area contributed by atoms with Crippen LogP contribution in [0.5, 0.6) is 5.75 Å². The van der Waals surface area contributed by atoms with Crippen molar-refractivity contribution < 1.29 is 4.74 Å². The van der Waals surface area contributed by atoms with Gasteiger partial charge in [-0.15, -0.1) is 0 Å². The minimum atomic E-state index is 0.0534. The Bertz CT molecular complexity index is 330. The van der Waals surface area contributed by atoms with Crippen molar-refractivity contribution in [1.82, 2.24) is 4.90 Å². The van der Waals surface area contributed by atoms with Gasteiger partial charge in [0.25, 0.3) is 0 Å². The van der Waals surface area contributed by atoms with Crippen LogP contribution in [0.1, 0.15) is 5.56 Å². The zero-order valence-electron chi connectivity index (χ0n) is 10.7. The Kier molecular flexibility index (Phi) is 5.97. The number of nitrogens with two attached hydrogens (primary N) is 2. The average Bonchev–Trinajstić information content (AvgIpc) is 2.36. The van der Waals surface area contributed by atoms with Crippen molar-refractivity contribution in [2.24, 2.45) is 11.5 Å². The van der Waals surface area contributed by atoms with Gasteiger partial charge in [-0.3, -0.25) is 0 Å². The van der Waals surface area contributed by atoms with Gasteiger partial charge in [0, 0.05) is 25.7 Å². The quantitative estimate of drug-likeness (QED) is 0.723. The summed E-state index contributed by atoms with van der Waals surface area (Å²) in [5.74, 6) is 0.948. The van der Waals surface area contributed by atoms with E-state index in [4.69, 9.17) is 16.2 Å². The zero-order valence-corrected chi connectivity index (χ0v) is 10.7. The van der Waals surface area contributed by atoms with Crippen LogP contribution in [0.15, 0.2) is 24.3 Å². The maximum absolute atomic E-state index is 5.81. The maximum Gasteiger partial charge on any atom is 0.122 e. The molecular formula is C13H23N3O. The van der Waals surface area contributed by atoms with Gasteiger partial charge in [0.15, 0.2) is 0 Å². The van der Waals surface area contributed by atoms with Crippen LogP contribution in [0, 0.1) is 0 Å². The number of hydrogen-bond donors (Lipinski definition) is 2. The first-order chi connectivity index (χ1) is 8.17. The molecule has 0 radical (unpaired) electrons. The van der Waals surface area contributed by atoms with E-state index in [1.54, 1.807) is 7.11 Å². The summed E-state index contributed by atoms with van der Waals surface area (Å²) >= 11 is 0. The van der Waals surface area contributed by atoms with Crippen molar-refractivity contribution in [3.63, 3.8) is 0 Å². The minimum Gasteiger partial charge on any atom is -0.496 e. The second kappa shape index (κ2) is 7.27. The first-order valence-electron chi connectivity index (χ1n) is 5.93. The largest absolute Gasteiger partial charge is 0.496 e. The van der Waals surface area contributed by atoms with E-state index in [9.17, 15) is 0 Å². The van der Waals surface area contributed by atoms with Crippen LogP contribution in [0.3, 0.4) is 0 Å². The van der Waals surface area contributed by atoms with Crippen LogP contribution >= 0.6 is 0 Å². The van der Waals surface area contributed by atoms with E-state index < -0.39 is 0 Å². The minimum absolute atomic E-state index is 0.0534. The van der Waals surface area contributed by atoms with E-state index in [1.807, 2.05) is 18.2 Å².